The third-order valence-electron chi connectivity index (χ3n) is 7.00. The first-order valence-electron chi connectivity index (χ1n) is 10.3. The summed E-state index contributed by atoms with van der Waals surface area (Å²) >= 11 is 4.92. The summed E-state index contributed by atoms with van der Waals surface area (Å²) in [6.07, 6.45) is 3.89. The Morgan fingerprint density at radius 2 is 2.09 bits per heavy atom. The molecule has 1 saturated heterocycles. The normalized spacial score (nSPS) is 24.7. The van der Waals surface area contributed by atoms with Crippen LogP contribution in [0.2, 0.25) is 0 Å². The van der Waals surface area contributed by atoms with E-state index >= 15 is 0 Å². The second-order valence-corrected chi connectivity index (χ2v) is 11.5. The largest absolute Gasteiger partial charge is 0.487 e. The van der Waals surface area contributed by atoms with E-state index in [1.165, 1.54) is 11.3 Å². The van der Waals surface area contributed by atoms with Gasteiger partial charge in [-0.25, -0.2) is 9.98 Å². The highest BCUT2D eigenvalue weighted by molar-refractivity contribution is 9.11. The van der Waals surface area contributed by atoms with Crippen LogP contribution in [-0.2, 0) is 21.4 Å². The van der Waals surface area contributed by atoms with Gasteiger partial charge in [0.1, 0.15) is 29.2 Å². The summed E-state index contributed by atoms with van der Waals surface area (Å²) in [4.78, 5) is 23.0. The number of thiazole rings is 1. The topological polar surface area (TPSA) is 100 Å². The number of rotatable bonds is 3. The maximum Gasteiger partial charge on any atom is 0.283 e. The molecule has 8 nitrogen and oxygen atoms in total. The lowest BCUT2D eigenvalue weighted by Gasteiger charge is -2.61. The number of imidazole rings is 1. The summed E-state index contributed by atoms with van der Waals surface area (Å²) in [5.74, 6) is 0.689. The molecule has 6 rings (SSSR count). The van der Waals surface area contributed by atoms with Gasteiger partial charge in [-0.15, -0.1) is 0 Å². The maximum absolute atomic E-state index is 13.0. The lowest BCUT2D eigenvalue weighted by atomic mass is 9.55. The zero-order valence-electron chi connectivity index (χ0n) is 17.6. The Bertz CT molecular complexity index is 1280. The number of ketones is 1. The number of amidine groups is 1. The number of halogens is 1. The molecule has 0 aliphatic carbocycles. The number of hydrogen-bond donors (Lipinski definition) is 1. The first-order valence-corrected chi connectivity index (χ1v) is 11.9. The number of hydrogen-bond acceptors (Lipinski definition) is 8. The summed E-state index contributed by atoms with van der Waals surface area (Å²) in [5, 5.41) is 0. The van der Waals surface area contributed by atoms with Crippen molar-refractivity contribution in [1.82, 2.24) is 9.38 Å². The number of Topliss-reactive ketones (excluding diaryl/α,β-unsaturated/α-hetero) is 1. The molecule has 2 N–H and O–H groups in total. The van der Waals surface area contributed by atoms with Crippen molar-refractivity contribution in [3.8, 4) is 5.75 Å². The van der Waals surface area contributed by atoms with Crippen LogP contribution < -0.4 is 10.5 Å². The number of carbonyl (C=O) groups excluding carboxylic acids is 1. The van der Waals surface area contributed by atoms with Crippen molar-refractivity contribution in [1.29, 1.82) is 0 Å². The standard InChI is InChI=1S/C22H21BrN4O4S/c1-20(2)21(9-29-10-21)22(11-30-18(24)26-22)13-5-12(3-4-16(13)31-20)6-15(28)14-7-27-8-17(23)32-19(27)25-14/h3-5,7-8H,6,9-11H2,1-2H3,(H2,24,26). The predicted molar refractivity (Wildman–Crippen MR) is 122 cm³/mol. The third kappa shape index (κ3) is 2.60. The van der Waals surface area contributed by atoms with E-state index in [1.807, 2.05) is 28.8 Å². The molecular formula is C22H21BrN4O4S. The van der Waals surface area contributed by atoms with Crippen LogP contribution in [0.15, 0.2) is 39.4 Å². The summed E-state index contributed by atoms with van der Waals surface area (Å²) in [5.41, 5.74) is 6.56. The molecule has 5 heterocycles. The van der Waals surface area contributed by atoms with Crippen LogP contribution >= 0.6 is 27.3 Å². The molecule has 1 atom stereocenters. The number of aliphatic imine (C=N–C) groups is 1. The van der Waals surface area contributed by atoms with E-state index in [4.69, 9.17) is 24.9 Å². The molecule has 0 saturated carbocycles. The number of benzene rings is 1. The minimum Gasteiger partial charge on any atom is -0.487 e. The summed E-state index contributed by atoms with van der Waals surface area (Å²) in [7, 11) is 0. The highest BCUT2D eigenvalue weighted by Gasteiger charge is 2.71. The van der Waals surface area contributed by atoms with Gasteiger partial charge in [0.25, 0.3) is 6.02 Å². The molecule has 2 spiro atoms. The van der Waals surface area contributed by atoms with Gasteiger partial charge in [0.15, 0.2) is 10.7 Å². The molecule has 0 radical (unpaired) electrons. The maximum atomic E-state index is 13.0. The number of nitrogens with two attached hydrogens (primary N) is 1. The van der Waals surface area contributed by atoms with Gasteiger partial charge < -0.3 is 19.9 Å². The Morgan fingerprint density at radius 3 is 2.75 bits per heavy atom. The molecular weight excluding hydrogens is 496 g/mol. The predicted octanol–water partition coefficient (Wildman–Crippen LogP) is 3.31. The van der Waals surface area contributed by atoms with Gasteiger partial charge in [-0.05, 0) is 47.5 Å². The van der Waals surface area contributed by atoms with Crippen molar-refractivity contribution in [2.24, 2.45) is 16.1 Å². The zero-order chi connectivity index (χ0) is 22.3. The average Bonchev–Trinajstić information content (AvgIpc) is 3.34. The van der Waals surface area contributed by atoms with Crippen molar-refractivity contribution in [3.63, 3.8) is 0 Å². The number of carbonyl (C=O) groups is 1. The van der Waals surface area contributed by atoms with E-state index in [0.717, 1.165) is 25.6 Å². The average molecular weight is 517 g/mol. The van der Waals surface area contributed by atoms with E-state index in [1.54, 1.807) is 6.20 Å². The van der Waals surface area contributed by atoms with Crippen LogP contribution in [0.3, 0.4) is 0 Å². The van der Waals surface area contributed by atoms with Crippen LogP contribution in [0.5, 0.6) is 5.75 Å². The van der Waals surface area contributed by atoms with E-state index in [0.29, 0.717) is 25.5 Å². The van der Waals surface area contributed by atoms with Gasteiger partial charge in [0, 0.05) is 24.4 Å². The summed E-state index contributed by atoms with van der Waals surface area (Å²) in [6, 6.07) is 6.02. The fourth-order valence-corrected chi connectivity index (χ4v) is 6.46. The zero-order valence-corrected chi connectivity index (χ0v) is 20.0. The van der Waals surface area contributed by atoms with Crippen LogP contribution in [0.4, 0.5) is 0 Å². The Hall–Kier alpha value is -2.43. The van der Waals surface area contributed by atoms with Crippen LogP contribution in [0, 0.1) is 5.41 Å². The Balaban J connectivity index is 1.39. The third-order valence-corrected chi connectivity index (χ3v) is 8.48. The summed E-state index contributed by atoms with van der Waals surface area (Å²) in [6.45, 7) is 5.45. The SMILES string of the molecule is CC1(C)Oc2ccc(CC(=O)c3cn4cc(Br)sc4n3)cc2C2(COC(N)=N2)C12COC2. The highest BCUT2D eigenvalue weighted by atomic mass is 79.9. The number of nitrogens with zero attached hydrogens (tertiary/aromatic N) is 3. The van der Waals surface area contributed by atoms with Crippen LogP contribution in [0.1, 0.15) is 35.5 Å². The quantitative estimate of drug-likeness (QED) is 0.536. The minimum atomic E-state index is -0.714. The molecule has 3 aromatic rings. The Morgan fingerprint density at radius 1 is 1.28 bits per heavy atom. The monoisotopic (exact) mass is 516 g/mol. The van der Waals surface area contributed by atoms with Crippen molar-refractivity contribution in [2.45, 2.75) is 31.4 Å². The van der Waals surface area contributed by atoms with Crippen molar-refractivity contribution >= 4 is 44.0 Å². The van der Waals surface area contributed by atoms with Gasteiger partial charge >= 0.3 is 0 Å². The molecule has 0 bridgehead atoms. The second-order valence-electron chi connectivity index (χ2n) is 9.07. The molecule has 166 valence electrons. The first-order chi connectivity index (χ1) is 15.2. The fraction of sp³-hybridized carbons (Fsp3) is 0.409. The van der Waals surface area contributed by atoms with Gasteiger partial charge in [-0.1, -0.05) is 17.4 Å². The highest BCUT2D eigenvalue weighted by Crippen LogP contribution is 2.62. The first kappa shape index (κ1) is 20.2. The number of ether oxygens (including phenoxy) is 3. The Kier molecular flexibility index (Phi) is 4.14. The van der Waals surface area contributed by atoms with Crippen molar-refractivity contribution in [2.75, 3.05) is 19.8 Å². The van der Waals surface area contributed by atoms with Crippen molar-refractivity contribution in [3.05, 3.63) is 51.2 Å². The van der Waals surface area contributed by atoms with E-state index in [9.17, 15) is 4.79 Å². The van der Waals surface area contributed by atoms with E-state index in [2.05, 4.69) is 34.8 Å². The van der Waals surface area contributed by atoms with Gasteiger partial charge in [-0.3, -0.25) is 9.20 Å². The molecule has 1 aromatic carbocycles. The Labute approximate surface area is 196 Å². The molecule has 2 aromatic heterocycles. The second kappa shape index (κ2) is 6.55. The molecule has 3 aliphatic rings. The molecule has 0 amide bonds. The minimum absolute atomic E-state index is 0.0459. The summed E-state index contributed by atoms with van der Waals surface area (Å²) < 4.78 is 20.6. The van der Waals surface area contributed by atoms with Gasteiger partial charge in [0.05, 0.1) is 22.4 Å². The number of fused-ring (bicyclic) bond motifs is 4. The molecule has 10 heteroatoms. The molecule has 3 aliphatic heterocycles. The lowest BCUT2D eigenvalue weighted by molar-refractivity contribution is -0.247. The van der Waals surface area contributed by atoms with Crippen LogP contribution in [0.25, 0.3) is 4.96 Å². The smallest absolute Gasteiger partial charge is 0.283 e. The van der Waals surface area contributed by atoms with Gasteiger partial charge in [-0.2, -0.15) is 0 Å². The van der Waals surface area contributed by atoms with E-state index in [-0.39, 0.29) is 18.2 Å². The molecule has 1 unspecified atom stereocenters. The van der Waals surface area contributed by atoms with E-state index < -0.39 is 16.6 Å². The van der Waals surface area contributed by atoms with Gasteiger partial charge in [0.2, 0.25) is 0 Å². The number of aromatic nitrogens is 2. The molecule has 32 heavy (non-hydrogen) atoms. The fourth-order valence-electron chi connectivity index (χ4n) is 5.11. The van der Waals surface area contributed by atoms with Crippen LogP contribution in [-0.4, -0.2) is 46.6 Å². The molecule has 1 fully saturated rings. The lowest BCUT2D eigenvalue weighted by Crippen LogP contribution is -2.71. The van der Waals surface area contributed by atoms with Crippen molar-refractivity contribution < 1.29 is 19.0 Å².